The number of aromatic nitrogens is 1. The topological polar surface area (TPSA) is 89.6 Å². The van der Waals surface area contributed by atoms with E-state index in [1.54, 1.807) is 23.5 Å². The molecule has 7 nitrogen and oxygen atoms in total. The van der Waals surface area contributed by atoms with Gasteiger partial charge in [-0.15, -0.1) is 22.7 Å². The predicted octanol–water partition coefficient (Wildman–Crippen LogP) is 5.29. The summed E-state index contributed by atoms with van der Waals surface area (Å²) in [6.45, 7) is -0.288. The molecule has 0 saturated heterocycles. The number of anilines is 2. The molecule has 0 spiro atoms. The van der Waals surface area contributed by atoms with Gasteiger partial charge >= 0.3 is 0 Å². The molecule has 0 aliphatic carbocycles. The molecule has 0 unspecified atom stereocenters. The van der Waals surface area contributed by atoms with Gasteiger partial charge in [-0.25, -0.2) is 9.37 Å². The Hall–Kier alpha value is -3.76. The molecule has 2 aromatic carbocycles. The largest absolute Gasteiger partial charge is 0.493 e. The Labute approximate surface area is 196 Å². The highest BCUT2D eigenvalue weighted by atomic mass is 32.1. The number of thiazole rings is 1. The summed E-state index contributed by atoms with van der Waals surface area (Å²) in [7, 11) is 1.44. The Morgan fingerprint density at radius 1 is 1.03 bits per heavy atom. The van der Waals surface area contributed by atoms with Gasteiger partial charge in [-0.1, -0.05) is 6.07 Å². The van der Waals surface area contributed by atoms with Gasteiger partial charge in [-0.2, -0.15) is 0 Å². The maximum Gasteiger partial charge on any atom is 0.262 e. The number of nitrogens with one attached hydrogen (secondary N) is 2. The van der Waals surface area contributed by atoms with E-state index in [-0.39, 0.29) is 12.5 Å². The summed E-state index contributed by atoms with van der Waals surface area (Å²) >= 11 is 2.92. The van der Waals surface area contributed by atoms with Crippen molar-refractivity contribution in [2.75, 3.05) is 24.4 Å². The van der Waals surface area contributed by atoms with Crippen LogP contribution in [0.5, 0.6) is 11.5 Å². The fourth-order valence-corrected chi connectivity index (χ4v) is 4.31. The molecule has 2 aromatic heterocycles. The molecule has 0 aliphatic heterocycles. The number of amides is 2. The van der Waals surface area contributed by atoms with E-state index in [2.05, 4.69) is 15.6 Å². The zero-order valence-corrected chi connectivity index (χ0v) is 19.0. The number of hydrogen-bond donors (Lipinski definition) is 2. The van der Waals surface area contributed by atoms with Crippen molar-refractivity contribution >= 4 is 45.3 Å². The molecular weight excluding hydrogens is 465 g/mol. The van der Waals surface area contributed by atoms with Gasteiger partial charge < -0.3 is 14.8 Å². The van der Waals surface area contributed by atoms with Crippen LogP contribution in [-0.2, 0) is 4.79 Å². The van der Waals surface area contributed by atoms with E-state index in [9.17, 15) is 14.0 Å². The fourth-order valence-electron chi connectivity index (χ4n) is 2.84. The lowest BCUT2D eigenvalue weighted by Crippen LogP contribution is -2.20. The van der Waals surface area contributed by atoms with Gasteiger partial charge in [0.15, 0.2) is 23.2 Å². The van der Waals surface area contributed by atoms with Gasteiger partial charge in [0.05, 0.1) is 17.7 Å². The molecule has 0 radical (unpaired) electrons. The first-order valence-electron chi connectivity index (χ1n) is 9.69. The number of nitrogens with zero attached hydrogens (tertiary/aromatic N) is 1. The van der Waals surface area contributed by atoms with Crippen LogP contribution in [0.3, 0.4) is 0 Å². The summed E-state index contributed by atoms with van der Waals surface area (Å²) in [5.74, 6) is -0.555. The molecule has 4 rings (SSSR count). The highest BCUT2D eigenvalue weighted by Crippen LogP contribution is 2.30. The molecule has 0 atom stereocenters. The first kappa shape index (κ1) is 22.4. The Morgan fingerprint density at radius 2 is 1.85 bits per heavy atom. The van der Waals surface area contributed by atoms with Gasteiger partial charge in [0.2, 0.25) is 0 Å². The van der Waals surface area contributed by atoms with Crippen molar-refractivity contribution in [3.05, 3.63) is 76.7 Å². The minimum absolute atomic E-state index is 0.288. The van der Waals surface area contributed by atoms with E-state index in [1.165, 1.54) is 48.8 Å². The predicted molar refractivity (Wildman–Crippen MR) is 127 cm³/mol. The Morgan fingerprint density at radius 3 is 2.58 bits per heavy atom. The fraction of sp³-hybridized carbons (Fsp3) is 0.0870. The number of halogens is 1. The van der Waals surface area contributed by atoms with Crippen LogP contribution >= 0.6 is 22.7 Å². The first-order valence-corrected chi connectivity index (χ1v) is 11.4. The van der Waals surface area contributed by atoms with Crippen molar-refractivity contribution in [2.45, 2.75) is 0 Å². The number of benzene rings is 2. The number of ether oxygens (including phenoxy) is 2. The number of thiophene rings is 1. The van der Waals surface area contributed by atoms with Crippen LogP contribution in [0.15, 0.2) is 65.4 Å². The number of methoxy groups -OCH3 is 1. The number of carbonyl (C=O) groups excluding carboxylic acids is 2. The lowest BCUT2D eigenvalue weighted by Gasteiger charge is -2.12. The standard InChI is InChI=1S/C23H18FN3O4S2/c1-30-19-11-14(22(29)27-23-26-17(13-33-23)20-3-2-10-32-20)4-9-18(19)31-12-21(28)25-16-7-5-15(24)6-8-16/h2-11,13H,12H2,1H3,(H,25,28)(H,26,27,29). The van der Waals surface area contributed by atoms with Crippen molar-refractivity contribution in [3.8, 4) is 22.1 Å². The van der Waals surface area contributed by atoms with E-state index in [4.69, 9.17) is 9.47 Å². The van der Waals surface area contributed by atoms with Crippen LogP contribution in [0, 0.1) is 5.82 Å². The van der Waals surface area contributed by atoms with E-state index in [1.807, 2.05) is 22.9 Å². The Balaban J connectivity index is 1.37. The Bertz CT molecular complexity index is 1260. The molecular formula is C23H18FN3O4S2. The van der Waals surface area contributed by atoms with Crippen LogP contribution in [0.4, 0.5) is 15.2 Å². The van der Waals surface area contributed by atoms with Gasteiger partial charge in [-0.3, -0.25) is 14.9 Å². The van der Waals surface area contributed by atoms with Crippen molar-refractivity contribution in [3.63, 3.8) is 0 Å². The van der Waals surface area contributed by atoms with E-state index in [0.29, 0.717) is 27.9 Å². The number of hydrogen-bond acceptors (Lipinski definition) is 7. The third-order valence-corrected chi connectivity index (χ3v) is 6.06. The average Bonchev–Trinajstić information content (AvgIpc) is 3.51. The van der Waals surface area contributed by atoms with Crippen molar-refractivity contribution in [2.24, 2.45) is 0 Å². The average molecular weight is 484 g/mol. The third-order valence-electron chi connectivity index (χ3n) is 4.41. The molecule has 168 valence electrons. The van der Waals surface area contributed by atoms with Crippen LogP contribution in [0.1, 0.15) is 10.4 Å². The minimum atomic E-state index is -0.421. The molecule has 2 amide bonds. The van der Waals surface area contributed by atoms with E-state index >= 15 is 0 Å². The van der Waals surface area contributed by atoms with Gasteiger partial charge in [0.1, 0.15) is 5.82 Å². The lowest BCUT2D eigenvalue weighted by atomic mass is 10.2. The van der Waals surface area contributed by atoms with E-state index < -0.39 is 11.7 Å². The van der Waals surface area contributed by atoms with Crippen LogP contribution in [0.2, 0.25) is 0 Å². The normalized spacial score (nSPS) is 10.5. The Kier molecular flexibility index (Phi) is 6.96. The highest BCUT2D eigenvalue weighted by Gasteiger charge is 2.15. The van der Waals surface area contributed by atoms with Crippen molar-refractivity contribution in [1.29, 1.82) is 0 Å². The maximum atomic E-state index is 13.0. The van der Waals surface area contributed by atoms with Gasteiger partial charge in [0, 0.05) is 16.6 Å². The monoisotopic (exact) mass is 483 g/mol. The molecule has 2 heterocycles. The quantitative estimate of drug-likeness (QED) is 0.356. The summed E-state index contributed by atoms with van der Waals surface area (Å²) in [6, 6.07) is 14.0. The minimum Gasteiger partial charge on any atom is -0.493 e. The highest BCUT2D eigenvalue weighted by molar-refractivity contribution is 7.16. The van der Waals surface area contributed by atoms with Crippen molar-refractivity contribution in [1.82, 2.24) is 4.98 Å². The van der Waals surface area contributed by atoms with Crippen LogP contribution in [0.25, 0.3) is 10.6 Å². The van der Waals surface area contributed by atoms with Crippen LogP contribution < -0.4 is 20.1 Å². The smallest absolute Gasteiger partial charge is 0.262 e. The van der Waals surface area contributed by atoms with Gasteiger partial charge in [-0.05, 0) is 53.9 Å². The molecule has 4 aromatic rings. The molecule has 33 heavy (non-hydrogen) atoms. The summed E-state index contributed by atoms with van der Waals surface area (Å²) in [4.78, 5) is 30.2. The molecule has 0 fully saturated rings. The molecule has 10 heteroatoms. The second-order valence-corrected chi connectivity index (χ2v) is 8.48. The second kappa shape index (κ2) is 10.2. The lowest BCUT2D eigenvalue weighted by molar-refractivity contribution is -0.118. The number of carbonyl (C=O) groups is 2. The first-order chi connectivity index (χ1) is 16.0. The van der Waals surface area contributed by atoms with Crippen molar-refractivity contribution < 1.29 is 23.5 Å². The van der Waals surface area contributed by atoms with Crippen LogP contribution in [-0.4, -0.2) is 30.5 Å². The summed E-state index contributed by atoms with van der Waals surface area (Å²) in [5, 5.41) is 9.72. The SMILES string of the molecule is COc1cc(C(=O)Nc2nc(-c3cccs3)cs2)ccc1OCC(=O)Nc1ccc(F)cc1. The maximum absolute atomic E-state index is 13.0. The summed E-state index contributed by atoms with van der Waals surface area (Å²) in [6.07, 6.45) is 0. The molecule has 0 bridgehead atoms. The second-order valence-electron chi connectivity index (χ2n) is 6.68. The molecule has 0 aliphatic rings. The van der Waals surface area contributed by atoms with Gasteiger partial charge in [0.25, 0.3) is 11.8 Å². The van der Waals surface area contributed by atoms with E-state index in [0.717, 1.165) is 10.6 Å². The molecule has 2 N–H and O–H groups in total. The summed E-state index contributed by atoms with van der Waals surface area (Å²) in [5.41, 5.74) is 1.61. The zero-order chi connectivity index (χ0) is 23.2. The zero-order valence-electron chi connectivity index (χ0n) is 17.3. The summed E-state index contributed by atoms with van der Waals surface area (Å²) < 4.78 is 23.8. The molecule has 0 saturated carbocycles. The third kappa shape index (κ3) is 5.73. The number of rotatable bonds is 8.